The second-order valence-electron chi connectivity index (χ2n) is 7.08. The number of aromatic nitrogens is 3. The van der Waals surface area contributed by atoms with Crippen molar-refractivity contribution in [3.05, 3.63) is 89.1 Å². The molecule has 0 unspecified atom stereocenters. The van der Waals surface area contributed by atoms with Gasteiger partial charge in [0.25, 0.3) is 5.91 Å². The molecule has 0 spiro atoms. The zero-order chi connectivity index (χ0) is 20.4. The van der Waals surface area contributed by atoms with Gasteiger partial charge in [-0.3, -0.25) is 9.48 Å². The van der Waals surface area contributed by atoms with E-state index in [1.54, 1.807) is 10.9 Å². The van der Waals surface area contributed by atoms with Crippen LogP contribution in [0.1, 0.15) is 32.9 Å². The third-order valence-corrected chi connectivity index (χ3v) is 4.78. The minimum Gasteiger partial charge on any atom is -0.441 e. The number of benzene rings is 2. The normalized spacial score (nSPS) is 10.9. The van der Waals surface area contributed by atoms with Gasteiger partial charge in [0, 0.05) is 29.2 Å². The monoisotopic (exact) mass is 386 g/mol. The van der Waals surface area contributed by atoms with Gasteiger partial charge in [-0.25, -0.2) is 4.98 Å². The second kappa shape index (κ2) is 7.75. The fourth-order valence-corrected chi connectivity index (χ4v) is 3.21. The topological polar surface area (TPSA) is 73.0 Å². The molecule has 0 aliphatic rings. The molecule has 146 valence electrons. The predicted molar refractivity (Wildman–Crippen MR) is 112 cm³/mol. The van der Waals surface area contributed by atoms with E-state index in [9.17, 15) is 4.79 Å². The maximum Gasteiger partial charge on any atom is 0.255 e. The molecule has 2 aromatic carbocycles. The number of carbonyl (C=O) groups is 1. The van der Waals surface area contributed by atoms with Gasteiger partial charge < -0.3 is 9.73 Å². The summed E-state index contributed by atoms with van der Waals surface area (Å²) < 4.78 is 7.63. The molecular formula is C23H22N4O2. The molecule has 1 amide bonds. The molecule has 0 aliphatic carbocycles. The number of rotatable bonds is 5. The first-order chi connectivity index (χ1) is 14.0. The van der Waals surface area contributed by atoms with Crippen molar-refractivity contribution in [2.24, 2.45) is 0 Å². The molecule has 6 heteroatoms. The molecule has 1 N–H and O–H groups in total. The molecule has 0 saturated heterocycles. The van der Waals surface area contributed by atoms with Gasteiger partial charge in [-0.15, -0.1) is 0 Å². The van der Waals surface area contributed by atoms with Crippen LogP contribution < -0.4 is 5.32 Å². The Morgan fingerprint density at radius 2 is 1.90 bits per heavy atom. The van der Waals surface area contributed by atoms with E-state index in [2.05, 4.69) is 15.4 Å². The average Bonchev–Trinajstić information content (AvgIpc) is 3.33. The van der Waals surface area contributed by atoms with Crippen LogP contribution in [0, 0.1) is 20.8 Å². The molecule has 4 aromatic rings. The van der Waals surface area contributed by atoms with Gasteiger partial charge in [-0.2, -0.15) is 5.10 Å². The van der Waals surface area contributed by atoms with Crippen molar-refractivity contribution in [3.63, 3.8) is 0 Å². The number of anilines is 1. The van der Waals surface area contributed by atoms with E-state index in [0.717, 1.165) is 33.8 Å². The summed E-state index contributed by atoms with van der Waals surface area (Å²) in [5.74, 6) is 1.20. The first-order valence-electron chi connectivity index (χ1n) is 9.42. The average molecular weight is 386 g/mol. The molecule has 0 fully saturated rings. The van der Waals surface area contributed by atoms with Crippen LogP contribution in [0.3, 0.4) is 0 Å². The van der Waals surface area contributed by atoms with Crippen LogP contribution in [-0.4, -0.2) is 20.7 Å². The number of nitrogens with one attached hydrogen (secondary N) is 1. The van der Waals surface area contributed by atoms with Crippen molar-refractivity contribution < 1.29 is 9.21 Å². The highest BCUT2D eigenvalue weighted by atomic mass is 16.4. The van der Waals surface area contributed by atoms with Crippen molar-refractivity contribution in [2.75, 3.05) is 5.32 Å². The fraction of sp³-hybridized carbons (Fsp3) is 0.174. The Balaban J connectivity index is 1.48. The lowest BCUT2D eigenvalue weighted by Crippen LogP contribution is -2.13. The van der Waals surface area contributed by atoms with Gasteiger partial charge in [-0.05, 0) is 62.7 Å². The molecule has 29 heavy (non-hydrogen) atoms. The molecule has 6 nitrogen and oxygen atoms in total. The molecule has 0 radical (unpaired) electrons. The van der Waals surface area contributed by atoms with E-state index in [1.165, 1.54) is 0 Å². The van der Waals surface area contributed by atoms with Crippen molar-refractivity contribution in [1.29, 1.82) is 0 Å². The first kappa shape index (κ1) is 18.7. The molecule has 0 saturated carbocycles. The first-order valence-corrected chi connectivity index (χ1v) is 9.42. The van der Waals surface area contributed by atoms with Crippen molar-refractivity contribution in [3.8, 4) is 11.5 Å². The Morgan fingerprint density at radius 1 is 1.10 bits per heavy atom. The number of hydrogen-bond donors (Lipinski definition) is 1. The van der Waals surface area contributed by atoms with Crippen molar-refractivity contribution in [1.82, 2.24) is 14.8 Å². The summed E-state index contributed by atoms with van der Waals surface area (Å²) in [6.07, 6.45) is 3.63. The molecule has 0 atom stereocenters. The largest absolute Gasteiger partial charge is 0.441 e. The molecule has 2 heterocycles. The SMILES string of the molecule is Cc1ccc(C(=O)Nc2ccc(-c3nc(Cn4cccn4)c(C)o3)cc2)c(C)c1. The zero-order valence-corrected chi connectivity index (χ0v) is 16.6. The van der Waals surface area contributed by atoms with E-state index >= 15 is 0 Å². The Kier molecular flexibility index (Phi) is 4.99. The molecule has 0 aliphatic heterocycles. The Bertz CT molecular complexity index is 1140. The summed E-state index contributed by atoms with van der Waals surface area (Å²) in [5, 5.41) is 7.15. The lowest BCUT2D eigenvalue weighted by Gasteiger charge is -2.08. The minimum absolute atomic E-state index is 0.122. The van der Waals surface area contributed by atoms with Crippen LogP contribution in [0.25, 0.3) is 11.5 Å². The van der Waals surface area contributed by atoms with Crippen LogP contribution in [-0.2, 0) is 6.54 Å². The molecule has 0 bridgehead atoms. The fourth-order valence-electron chi connectivity index (χ4n) is 3.21. The summed E-state index contributed by atoms with van der Waals surface area (Å²) >= 11 is 0. The standard InChI is InChI=1S/C23H22N4O2/c1-15-5-10-20(16(2)13-15)22(28)25-19-8-6-18(7-9-19)23-26-21(17(3)29-23)14-27-12-4-11-24-27/h4-13H,14H2,1-3H3,(H,25,28). The number of amides is 1. The quantitative estimate of drug-likeness (QED) is 0.536. The Labute approximate surface area is 169 Å². The number of aryl methyl sites for hydroxylation is 3. The summed E-state index contributed by atoms with van der Waals surface area (Å²) in [6.45, 7) is 6.41. The number of oxazole rings is 1. The van der Waals surface area contributed by atoms with Gasteiger partial charge >= 0.3 is 0 Å². The third kappa shape index (κ3) is 4.11. The zero-order valence-electron chi connectivity index (χ0n) is 16.6. The van der Waals surface area contributed by atoms with Gasteiger partial charge in [0.1, 0.15) is 11.5 Å². The van der Waals surface area contributed by atoms with E-state index in [1.807, 2.05) is 75.5 Å². The summed E-state index contributed by atoms with van der Waals surface area (Å²) in [4.78, 5) is 17.1. The highest BCUT2D eigenvalue weighted by molar-refractivity contribution is 6.05. The second-order valence-corrected chi connectivity index (χ2v) is 7.08. The van der Waals surface area contributed by atoms with Gasteiger partial charge in [0.05, 0.1) is 6.54 Å². The molecular weight excluding hydrogens is 364 g/mol. The van der Waals surface area contributed by atoms with E-state index < -0.39 is 0 Å². The smallest absolute Gasteiger partial charge is 0.255 e. The van der Waals surface area contributed by atoms with Crippen LogP contribution >= 0.6 is 0 Å². The van der Waals surface area contributed by atoms with Gasteiger partial charge in [0.2, 0.25) is 5.89 Å². The maximum absolute atomic E-state index is 12.6. The highest BCUT2D eigenvalue weighted by Crippen LogP contribution is 2.24. The third-order valence-electron chi connectivity index (χ3n) is 4.78. The molecule has 2 aromatic heterocycles. The van der Waals surface area contributed by atoms with Crippen molar-refractivity contribution >= 4 is 11.6 Å². The van der Waals surface area contributed by atoms with Gasteiger partial charge in [-0.1, -0.05) is 17.7 Å². The Hall–Kier alpha value is -3.67. The van der Waals surface area contributed by atoms with Crippen LogP contribution in [0.2, 0.25) is 0 Å². The number of nitrogens with zero attached hydrogens (tertiary/aromatic N) is 3. The van der Waals surface area contributed by atoms with E-state index in [4.69, 9.17) is 4.42 Å². The summed E-state index contributed by atoms with van der Waals surface area (Å²) in [5.41, 5.74) is 5.18. The summed E-state index contributed by atoms with van der Waals surface area (Å²) in [7, 11) is 0. The van der Waals surface area contributed by atoms with Crippen LogP contribution in [0.15, 0.2) is 65.3 Å². The lowest BCUT2D eigenvalue weighted by atomic mass is 10.1. The minimum atomic E-state index is -0.122. The number of hydrogen-bond acceptors (Lipinski definition) is 4. The van der Waals surface area contributed by atoms with Crippen LogP contribution in [0.5, 0.6) is 0 Å². The van der Waals surface area contributed by atoms with E-state index in [-0.39, 0.29) is 5.91 Å². The van der Waals surface area contributed by atoms with E-state index in [0.29, 0.717) is 18.0 Å². The maximum atomic E-state index is 12.6. The predicted octanol–water partition coefficient (Wildman–Crippen LogP) is 4.76. The van der Waals surface area contributed by atoms with Crippen LogP contribution in [0.4, 0.5) is 5.69 Å². The number of carbonyl (C=O) groups excluding carboxylic acids is 1. The van der Waals surface area contributed by atoms with Crippen molar-refractivity contribution in [2.45, 2.75) is 27.3 Å². The summed E-state index contributed by atoms with van der Waals surface area (Å²) in [6, 6.07) is 15.2. The Morgan fingerprint density at radius 3 is 2.59 bits per heavy atom. The highest BCUT2D eigenvalue weighted by Gasteiger charge is 2.13. The lowest BCUT2D eigenvalue weighted by molar-refractivity contribution is 0.102. The van der Waals surface area contributed by atoms with Gasteiger partial charge in [0.15, 0.2) is 0 Å². The molecule has 4 rings (SSSR count).